The predicted molar refractivity (Wildman–Crippen MR) is 176 cm³/mol. The van der Waals surface area contributed by atoms with Gasteiger partial charge in [0.15, 0.2) is 0 Å². The van der Waals surface area contributed by atoms with Crippen molar-refractivity contribution < 1.29 is 37.2 Å². The number of β-amino-alcohol motifs (C(OH)–C–C–N with tert-alkyl or cyclic N) is 1. The van der Waals surface area contributed by atoms with E-state index in [2.05, 4.69) is 11.0 Å². The minimum atomic E-state index is -3.85. The van der Waals surface area contributed by atoms with Gasteiger partial charge in [0.25, 0.3) is 0 Å². The SMILES string of the molecule is COCCCN1CCOc2ccc(COC3CN(S(=O)(=O)c4ccc(C)cc4)C[C@@H](O)C3c3ccc(COCCOC)cc3)cc21. The molecule has 5 rings (SSSR count). The smallest absolute Gasteiger partial charge is 0.243 e. The number of piperidine rings is 1. The average Bonchev–Trinajstić information content (AvgIpc) is 3.06. The molecule has 2 aliphatic heterocycles. The summed E-state index contributed by atoms with van der Waals surface area (Å²) in [5, 5.41) is 11.5. The van der Waals surface area contributed by atoms with Gasteiger partial charge in [-0.15, -0.1) is 0 Å². The predicted octanol–water partition coefficient (Wildman–Crippen LogP) is 4.13. The lowest BCUT2D eigenvalue weighted by Gasteiger charge is -2.41. The Balaban J connectivity index is 1.37. The highest BCUT2D eigenvalue weighted by Gasteiger charge is 2.42. The molecule has 3 aromatic carbocycles. The number of aryl methyl sites for hydroxylation is 1. The van der Waals surface area contributed by atoms with Gasteiger partial charge in [-0.2, -0.15) is 4.31 Å². The number of hydrogen-bond donors (Lipinski definition) is 1. The number of aliphatic hydroxyl groups excluding tert-OH is 1. The third-order valence-electron chi connectivity index (χ3n) is 8.54. The van der Waals surface area contributed by atoms with Crippen LogP contribution in [0.1, 0.15) is 34.6 Å². The van der Waals surface area contributed by atoms with Crippen molar-refractivity contribution >= 4 is 15.7 Å². The number of benzene rings is 3. The Kier molecular flexibility index (Phi) is 12.1. The first kappa shape index (κ1) is 34.3. The van der Waals surface area contributed by atoms with Gasteiger partial charge >= 0.3 is 0 Å². The Morgan fingerprint density at radius 2 is 1.63 bits per heavy atom. The topological polar surface area (TPSA) is 107 Å². The minimum Gasteiger partial charge on any atom is -0.490 e. The summed E-state index contributed by atoms with van der Waals surface area (Å²) < 4.78 is 57.2. The van der Waals surface area contributed by atoms with Crippen LogP contribution >= 0.6 is 0 Å². The van der Waals surface area contributed by atoms with Gasteiger partial charge in [0.2, 0.25) is 10.0 Å². The van der Waals surface area contributed by atoms with Gasteiger partial charge in [-0.25, -0.2) is 8.42 Å². The molecule has 1 N–H and O–H groups in total. The Bertz CT molecular complexity index is 1500. The van der Waals surface area contributed by atoms with E-state index in [9.17, 15) is 13.5 Å². The molecule has 10 nitrogen and oxygen atoms in total. The lowest BCUT2D eigenvalue weighted by atomic mass is 9.85. The first-order valence-electron chi connectivity index (χ1n) is 15.8. The Morgan fingerprint density at radius 3 is 2.37 bits per heavy atom. The molecule has 0 aromatic heterocycles. The van der Waals surface area contributed by atoms with Crippen molar-refractivity contribution in [1.29, 1.82) is 0 Å². The first-order chi connectivity index (χ1) is 22.3. The van der Waals surface area contributed by atoms with Crippen LogP contribution in [0, 0.1) is 6.92 Å². The van der Waals surface area contributed by atoms with Crippen LogP contribution in [-0.2, 0) is 42.2 Å². The number of hydrogen-bond acceptors (Lipinski definition) is 9. The fraction of sp³-hybridized carbons (Fsp3) is 0.486. The molecule has 0 amide bonds. The largest absolute Gasteiger partial charge is 0.490 e. The van der Waals surface area contributed by atoms with E-state index < -0.39 is 28.1 Å². The summed E-state index contributed by atoms with van der Waals surface area (Å²) in [7, 11) is -0.508. The van der Waals surface area contributed by atoms with E-state index in [0.29, 0.717) is 33.0 Å². The molecular weight excluding hydrogens is 608 g/mol. The lowest BCUT2D eigenvalue weighted by molar-refractivity contribution is -0.0534. The summed E-state index contributed by atoms with van der Waals surface area (Å²) in [5.41, 5.74) is 4.80. The molecule has 46 heavy (non-hydrogen) atoms. The molecule has 0 saturated carbocycles. The van der Waals surface area contributed by atoms with E-state index in [1.807, 2.05) is 43.3 Å². The van der Waals surface area contributed by atoms with Crippen molar-refractivity contribution in [2.45, 2.75) is 49.6 Å². The molecule has 0 bridgehead atoms. The van der Waals surface area contributed by atoms with Crippen LogP contribution in [0.15, 0.2) is 71.6 Å². The molecule has 0 spiro atoms. The van der Waals surface area contributed by atoms with E-state index in [4.69, 9.17) is 23.7 Å². The quantitative estimate of drug-likeness (QED) is 0.242. The Morgan fingerprint density at radius 1 is 0.891 bits per heavy atom. The zero-order valence-corrected chi connectivity index (χ0v) is 27.8. The molecule has 0 radical (unpaired) electrons. The molecule has 3 aromatic rings. The van der Waals surface area contributed by atoms with Crippen molar-refractivity contribution in [3.8, 4) is 5.75 Å². The highest BCUT2D eigenvalue weighted by atomic mass is 32.2. The van der Waals surface area contributed by atoms with Crippen LogP contribution in [0.3, 0.4) is 0 Å². The Hall–Kier alpha value is -3.03. The van der Waals surface area contributed by atoms with Gasteiger partial charge in [0.05, 0.1) is 55.8 Å². The van der Waals surface area contributed by atoms with Crippen LogP contribution in [0.4, 0.5) is 5.69 Å². The number of sulfonamides is 1. The molecule has 3 atom stereocenters. The fourth-order valence-electron chi connectivity index (χ4n) is 6.02. The molecule has 11 heteroatoms. The summed E-state index contributed by atoms with van der Waals surface area (Å²) in [6, 6.07) is 20.7. The number of nitrogens with zero attached hydrogens (tertiary/aromatic N) is 2. The van der Waals surface area contributed by atoms with E-state index in [0.717, 1.165) is 53.2 Å². The van der Waals surface area contributed by atoms with Crippen LogP contribution < -0.4 is 9.64 Å². The molecule has 1 saturated heterocycles. The van der Waals surface area contributed by atoms with Gasteiger partial charge in [-0.1, -0.05) is 48.0 Å². The molecular formula is C35H46N2O8S. The monoisotopic (exact) mass is 654 g/mol. The molecule has 2 heterocycles. The molecule has 2 unspecified atom stereocenters. The second-order valence-corrected chi connectivity index (χ2v) is 13.8. The Labute approximate surface area is 272 Å². The standard InChI is InChI=1S/C35H46N2O8S/c1-26-5-12-30(13-6-26)46(39,40)37-22-32(38)35(29-10-7-27(8-11-29)24-43-20-19-42-3)34(23-37)45-25-28-9-14-33-31(21-28)36(16-18-44-33)15-4-17-41-2/h5-14,21,32,34-35,38H,4,15-20,22-25H2,1-3H3/t32-,34?,35?/m1/s1. The number of fused-ring (bicyclic) bond motifs is 1. The van der Waals surface area contributed by atoms with Crippen molar-refractivity contribution in [3.05, 3.63) is 89.0 Å². The molecule has 2 aliphatic rings. The molecule has 0 aliphatic carbocycles. The number of rotatable bonds is 15. The van der Waals surface area contributed by atoms with Crippen molar-refractivity contribution in [2.75, 3.05) is 71.7 Å². The maximum Gasteiger partial charge on any atom is 0.243 e. The summed E-state index contributed by atoms with van der Waals surface area (Å²) in [4.78, 5) is 2.49. The van der Waals surface area contributed by atoms with E-state index in [1.165, 1.54) is 4.31 Å². The van der Waals surface area contributed by atoms with E-state index >= 15 is 0 Å². The molecule has 1 fully saturated rings. The minimum absolute atomic E-state index is 0.0325. The van der Waals surface area contributed by atoms with Gasteiger partial charge in [0.1, 0.15) is 12.4 Å². The van der Waals surface area contributed by atoms with Gasteiger partial charge < -0.3 is 33.7 Å². The second-order valence-electron chi connectivity index (χ2n) is 11.8. The van der Waals surface area contributed by atoms with E-state index in [-0.39, 0.29) is 24.6 Å². The van der Waals surface area contributed by atoms with Crippen LogP contribution in [0.2, 0.25) is 0 Å². The first-order valence-corrected chi connectivity index (χ1v) is 17.3. The van der Waals surface area contributed by atoms with Gasteiger partial charge in [-0.3, -0.25) is 0 Å². The maximum atomic E-state index is 13.7. The highest BCUT2D eigenvalue weighted by molar-refractivity contribution is 7.89. The van der Waals surface area contributed by atoms with Crippen LogP contribution in [-0.4, -0.2) is 96.9 Å². The zero-order valence-electron chi connectivity index (χ0n) is 27.0. The van der Waals surface area contributed by atoms with Gasteiger partial charge in [-0.05, 0) is 54.3 Å². The number of methoxy groups -OCH3 is 2. The van der Waals surface area contributed by atoms with Crippen LogP contribution in [0.25, 0.3) is 0 Å². The zero-order chi connectivity index (χ0) is 32.5. The summed E-state index contributed by atoms with van der Waals surface area (Å²) in [6.45, 7) is 6.66. The fourth-order valence-corrected chi connectivity index (χ4v) is 7.49. The normalized spacial score (nSPS) is 20.3. The molecule has 250 valence electrons. The van der Waals surface area contributed by atoms with Crippen molar-refractivity contribution in [2.24, 2.45) is 0 Å². The van der Waals surface area contributed by atoms with Crippen molar-refractivity contribution in [3.63, 3.8) is 0 Å². The lowest BCUT2D eigenvalue weighted by Crippen LogP contribution is -2.53. The number of ether oxygens (including phenoxy) is 5. The maximum absolute atomic E-state index is 13.7. The third-order valence-corrected chi connectivity index (χ3v) is 10.4. The van der Waals surface area contributed by atoms with E-state index in [1.54, 1.807) is 38.5 Å². The van der Waals surface area contributed by atoms with Crippen LogP contribution in [0.5, 0.6) is 5.75 Å². The second kappa shape index (κ2) is 16.2. The van der Waals surface area contributed by atoms with Crippen molar-refractivity contribution in [1.82, 2.24) is 4.31 Å². The van der Waals surface area contributed by atoms with Gasteiger partial charge in [0, 0.05) is 46.4 Å². The third kappa shape index (κ3) is 8.46. The number of aliphatic hydroxyl groups is 1. The summed E-state index contributed by atoms with van der Waals surface area (Å²) in [6.07, 6.45) is -0.671. The summed E-state index contributed by atoms with van der Waals surface area (Å²) in [5.74, 6) is 0.402. The summed E-state index contributed by atoms with van der Waals surface area (Å²) >= 11 is 0. The average molecular weight is 655 g/mol. The highest BCUT2D eigenvalue weighted by Crippen LogP contribution is 2.36. The number of anilines is 1.